The molecule has 1 amide bonds. The summed E-state index contributed by atoms with van der Waals surface area (Å²) in [5.74, 6) is -0.947. The highest BCUT2D eigenvalue weighted by molar-refractivity contribution is 5.85. The van der Waals surface area contributed by atoms with E-state index in [1.54, 1.807) is 20.3 Å². The predicted molar refractivity (Wildman–Crippen MR) is 88.8 cm³/mol. The van der Waals surface area contributed by atoms with Crippen LogP contribution in [0.25, 0.3) is 0 Å². The van der Waals surface area contributed by atoms with Gasteiger partial charge in [-0.3, -0.25) is 4.79 Å². The van der Waals surface area contributed by atoms with Crippen molar-refractivity contribution in [2.75, 3.05) is 14.2 Å². The average molecular weight is 346 g/mol. The fraction of sp³-hybridized carbons (Fsp3) is 0.579. The van der Waals surface area contributed by atoms with E-state index in [1.807, 2.05) is 12.1 Å². The fourth-order valence-electron chi connectivity index (χ4n) is 4.46. The van der Waals surface area contributed by atoms with Crippen LogP contribution in [0, 0.1) is 23.7 Å². The average Bonchev–Trinajstić information content (AvgIpc) is 2.65. The van der Waals surface area contributed by atoms with Gasteiger partial charge in [0.15, 0.2) is 11.5 Å². The van der Waals surface area contributed by atoms with Crippen LogP contribution in [0.15, 0.2) is 18.2 Å². The minimum Gasteiger partial charge on any atom is -0.550 e. The topological polar surface area (TPSA) is 87.7 Å². The van der Waals surface area contributed by atoms with Gasteiger partial charge in [0.2, 0.25) is 5.91 Å². The second-order valence-corrected chi connectivity index (χ2v) is 6.95. The van der Waals surface area contributed by atoms with Crippen molar-refractivity contribution >= 4 is 11.9 Å². The van der Waals surface area contributed by atoms with E-state index in [4.69, 9.17) is 9.47 Å². The van der Waals surface area contributed by atoms with E-state index in [9.17, 15) is 14.7 Å². The van der Waals surface area contributed by atoms with Crippen LogP contribution in [-0.2, 0) is 16.1 Å². The van der Waals surface area contributed by atoms with Crippen LogP contribution in [0.3, 0.4) is 0 Å². The molecule has 2 atom stereocenters. The van der Waals surface area contributed by atoms with Crippen LogP contribution in [0.5, 0.6) is 11.5 Å². The zero-order valence-corrected chi connectivity index (χ0v) is 14.6. The Labute approximate surface area is 147 Å². The van der Waals surface area contributed by atoms with Crippen molar-refractivity contribution in [2.24, 2.45) is 23.7 Å². The molecule has 0 aromatic heterocycles. The van der Waals surface area contributed by atoms with E-state index in [-0.39, 0.29) is 17.7 Å². The van der Waals surface area contributed by atoms with E-state index in [0.717, 1.165) is 31.2 Å². The van der Waals surface area contributed by atoms with Crippen molar-refractivity contribution in [1.29, 1.82) is 0 Å². The van der Waals surface area contributed by atoms with Crippen molar-refractivity contribution in [2.45, 2.75) is 32.2 Å². The maximum absolute atomic E-state index is 12.7. The van der Waals surface area contributed by atoms with Gasteiger partial charge in [0.1, 0.15) is 0 Å². The van der Waals surface area contributed by atoms with E-state index in [1.165, 1.54) is 0 Å². The summed E-state index contributed by atoms with van der Waals surface area (Å²) in [5.41, 5.74) is 0.872. The number of carboxylic acids is 1. The number of methoxy groups -OCH3 is 2. The van der Waals surface area contributed by atoms with Gasteiger partial charge in [-0.25, -0.2) is 0 Å². The molecule has 6 nitrogen and oxygen atoms in total. The summed E-state index contributed by atoms with van der Waals surface area (Å²) in [5, 5.41) is 14.5. The van der Waals surface area contributed by atoms with Crippen molar-refractivity contribution in [3.05, 3.63) is 23.8 Å². The number of amides is 1. The highest BCUT2D eigenvalue weighted by Crippen LogP contribution is 2.48. The molecule has 136 valence electrons. The van der Waals surface area contributed by atoms with Crippen LogP contribution < -0.4 is 19.9 Å². The van der Waals surface area contributed by atoms with Crippen molar-refractivity contribution in [3.8, 4) is 11.5 Å². The van der Waals surface area contributed by atoms with Gasteiger partial charge in [-0.15, -0.1) is 0 Å². The number of carbonyl (C=O) groups excluding carboxylic acids is 2. The minimum absolute atomic E-state index is 0.0758. The second-order valence-electron chi connectivity index (χ2n) is 6.95. The number of nitrogens with one attached hydrogen (secondary N) is 1. The summed E-state index contributed by atoms with van der Waals surface area (Å²) < 4.78 is 10.5. The molecule has 1 N–H and O–H groups in total. The first-order valence-electron chi connectivity index (χ1n) is 8.74. The molecule has 25 heavy (non-hydrogen) atoms. The molecular formula is C19H24NO5-. The van der Waals surface area contributed by atoms with Gasteiger partial charge < -0.3 is 24.7 Å². The number of benzene rings is 1. The number of aliphatic carboxylic acids is 1. The molecule has 0 aliphatic heterocycles. The van der Waals surface area contributed by atoms with Gasteiger partial charge in [-0.05, 0) is 55.2 Å². The number of ether oxygens (including phenoxy) is 2. The summed E-state index contributed by atoms with van der Waals surface area (Å²) in [6.45, 7) is 0.326. The zero-order chi connectivity index (χ0) is 18.0. The molecule has 0 radical (unpaired) electrons. The molecule has 1 aromatic rings. The van der Waals surface area contributed by atoms with E-state index >= 15 is 0 Å². The minimum atomic E-state index is -1.08. The standard InChI is InChI=1S/C19H25NO5/c1-24-14-8-3-11(9-15(14)25-2)10-20-18(21)16-12-4-6-13(7-5-12)17(16)19(22)23/h3,8-9,12-13,16-17H,4-7,10H2,1-2H3,(H,20,21)(H,22,23)/p-1/t12?,13?,16-,17+/m1/s1. The molecule has 0 heterocycles. The van der Waals surface area contributed by atoms with Crippen LogP contribution >= 0.6 is 0 Å². The third kappa shape index (κ3) is 3.43. The van der Waals surface area contributed by atoms with Crippen molar-refractivity contribution in [3.63, 3.8) is 0 Å². The van der Waals surface area contributed by atoms with Gasteiger partial charge >= 0.3 is 0 Å². The van der Waals surface area contributed by atoms with Crippen LogP contribution in [0.2, 0.25) is 0 Å². The molecule has 3 fully saturated rings. The maximum Gasteiger partial charge on any atom is 0.224 e. The number of carbonyl (C=O) groups is 2. The molecule has 6 heteroatoms. The lowest BCUT2D eigenvalue weighted by Gasteiger charge is -2.48. The normalized spacial score (nSPS) is 27.6. The summed E-state index contributed by atoms with van der Waals surface area (Å²) in [4.78, 5) is 24.3. The lowest BCUT2D eigenvalue weighted by Crippen LogP contribution is -2.54. The lowest BCUT2D eigenvalue weighted by molar-refractivity contribution is -0.318. The highest BCUT2D eigenvalue weighted by Gasteiger charge is 2.47. The summed E-state index contributed by atoms with van der Waals surface area (Å²) in [6, 6.07) is 5.44. The van der Waals surface area contributed by atoms with Gasteiger partial charge in [-0.2, -0.15) is 0 Å². The van der Waals surface area contributed by atoms with Gasteiger partial charge in [0.25, 0.3) is 0 Å². The summed E-state index contributed by atoms with van der Waals surface area (Å²) >= 11 is 0. The molecule has 0 spiro atoms. The quantitative estimate of drug-likeness (QED) is 0.834. The molecule has 0 unspecified atom stereocenters. The number of rotatable bonds is 6. The molecule has 2 bridgehead atoms. The summed E-state index contributed by atoms with van der Waals surface area (Å²) in [6.07, 6.45) is 3.65. The van der Waals surface area contributed by atoms with Crippen LogP contribution in [0.4, 0.5) is 0 Å². The van der Waals surface area contributed by atoms with Crippen molar-refractivity contribution in [1.82, 2.24) is 5.32 Å². The Kier molecular flexibility index (Phi) is 5.16. The molecule has 3 aliphatic rings. The third-order valence-corrected chi connectivity index (χ3v) is 5.71. The van der Waals surface area contributed by atoms with Gasteiger partial charge in [0.05, 0.1) is 14.2 Å². The first-order valence-corrected chi connectivity index (χ1v) is 8.74. The van der Waals surface area contributed by atoms with E-state index in [2.05, 4.69) is 5.32 Å². The molecular weight excluding hydrogens is 322 g/mol. The molecule has 3 saturated carbocycles. The molecule has 4 rings (SSSR count). The Bertz CT molecular complexity index is 651. The van der Waals surface area contributed by atoms with Gasteiger partial charge in [0, 0.05) is 24.3 Å². The Morgan fingerprint density at radius 2 is 1.64 bits per heavy atom. The SMILES string of the molecule is COc1ccc(CNC(=O)[C@@H]2C3CCC(CC3)[C@@H]2C(=O)[O-])cc1OC. The number of hydrogen-bond acceptors (Lipinski definition) is 5. The molecule has 0 saturated heterocycles. The Morgan fingerprint density at radius 1 is 1.04 bits per heavy atom. The Balaban J connectivity index is 1.68. The fourth-order valence-corrected chi connectivity index (χ4v) is 4.46. The van der Waals surface area contributed by atoms with Crippen molar-refractivity contribution < 1.29 is 24.2 Å². The number of carboxylic acid groups (broad SMARTS) is 1. The van der Waals surface area contributed by atoms with Crippen LogP contribution in [-0.4, -0.2) is 26.1 Å². The highest BCUT2D eigenvalue weighted by atomic mass is 16.5. The second kappa shape index (κ2) is 7.33. The van der Waals surface area contributed by atoms with E-state index in [0.29, 0.717) is 18.0 Å². The first kappa shape index (κ1) is 17.6. The first-order chi connectivity index (χ1) is 12.0. The third-order valence-electron chi connectivity index (χ3n) is 5.71. The number of hydrogen-bond donors (Lipinski definition) is 1. The molecule has 1 aromatic carbocycles. The zero-order valence-electron chi connectivity index (χ0n) is 14.6. The lowest BCUT2D eigenvalue weighted by atomic mass is 9.58. The van der Waals surface area contributed by atoms with Gasteiger partial charge in [-0.1, -0.05) is 6.07 Å². The largest absolute Gasteiger partial charge is 0.550 e. The molecule has 3 aliphatic carbocycles. The summed E-state index contributed by atoms with van der Waals surface area (Å²) in [7, 11) is 3.13. The monoisotopic (exact) mass is 346 g/mol. The number of fused-ring (bicyclic) bond motifs is 3. The maximum atomic E-state index is 12.7. The van der Waals surface area contributed by atoms with E-state index < -0.39 is 17.8 Å². The predicted octanol–water partition coefficient (Wildman–Crippen LogP) is 1.12. The Hall–Kier alpha value is -2.24. The smallest absolute Gasteiger partial charge is 0.224 e. The Morgan fingerprint density at radius 3 is 2.20 bits per heavy atom. The van der Waals surface area contributed by atoms with Crippen LogP contribution in [0.1, 0.15) is 31.2 Å².